The Kier molecular flexibility index (Phi) is 5.09. The number of ether oxygens (including phenoxy) is 1. The van der Waals surface area contributed by atoms with E-state index < -0.39 is 4.92 Å². The Balaban J connectivity index is 1.79. The lowest BCUT2D eigenvalue weighted by Crippen LogP contribution is -2.12. The van der Waals surface area contributed by atoms with Crippen molar-refractivity contribution in [1.29, 1.82) is 0 Å². The van der Waals surface area contributed by atoms with E-state index in [9.17, 15) is 14.9 Å². The Hall–Kier alpha value is -3.52. The van der Waals surface area contributed by atoms with Crippen LogP contribution < -0.4 is 10.3 Å². The molecular formula is C22H19N3O4S. The fourth-order valence-electron chi connectivity index (χ4n) is 3.52. The average molecular weight is 421 g/mol. The number of nitro groups is 1. The number of benzene rings is 2. The highest BCUT2D eigenvalue weighted by Gasteiger charge is 2.19. The first-order valence-corrected chi connectivity index (χ1v) is 10.1. The Bertz CT molecular complexity index is 1320. The molecule has 0 unspecified atom stereocenters. The summed E-state index contributed by atoms with van der Waals surface area (Å²) in [5.74, 6) is 1.23. The minimum absolute atomic E-state index is 0.0290. The lowest BCUT2D eigenvalue weighted by Gasteiger charge is -2.10. The number of fused-ring (bicyclic) bond motifs is 1. The number of aromatic amines is 1. The van der Waals surface area contributed by atoms with Gasteiger partial charge in [-0.3, -0.25) is 14.9 Å². The summed E-state index contributed by atoms with van der Waals surface area (Å²) in [7, 11) is 1.61. The molecule has 4 rings (SSSR count). The quantitative estimate of drug-likeness (QED) is 0.369. The molecule has 0 fully saturated rings. The zero-order valence-corrected chi connectivity index (χ0v) is 17.5. The number of non-ortho nitro benzene ring substituents is 1. The Morgan fingerprint density at radius 2 is 1.90 bits per heavy atom. The molecule has 30 heavy (non-hydrogen) atoms. The number of rotatable bonds is 5. The summed E-state index contributed by atoms with van der Waals surface area (Å²) in [4.78, 5) is 32.6. The van der Waals surface area contributed by atoms with Gasteiger partial charge in [0.2, 0.25) is 0 Å². The summed E-state index contributed by atoms with van der Waals surface area (Å²) in [6.45, 7) is 3.97. The minimum Gasteiger partial charge on any atom is -0.496 e. The van der Waals surface area contributed by atoms with Crippen molar-refractivity contribution < 1.29 is 9.66 Å². The zero-order valence-electron chi connectivity index (χ0n) is 16.7. The van der Waals surface area contributed by atoms with Crippen LogP contribution in [0.2, 0.25) is 0 Å². The predicted octanol–water partition coefficient (Wildman–Crippen LogP) is 4.78. The van der Waals surface area contributed by atoms with Gasteiger partial charge in [-0.05, 0) is 31.5 Å². The number of hydrogen-bond acceptors (Lipinski definition) is 6. The van der Waals surface area contributed by atoms with E-state index in [4.69, 9.17) is 4.74 Å². The molecule has 1 N–H and O–H groups in total. The van der Waals surface area contributed by atoms with Gasteiger partial charge in [0.1, 0.15) is 16.4 Å². The fraction of sp³-hybridized carbons (Fsp3) is 0.182. The largest absolute Gasteiger partial charge is 0.496 e. The van der Waals surface area contributed by atoms with E-state index >= 15 is 0 Å². The molecule has 152 valence electrons. The molecule has 0 amide bonds. The lowest BCUT2D eigenvalue weighted by atomic mass is 10.0. The maximum absolute atomic E-state index is 13.0. The molecule has 0 aliphatic rings. The highest BCUT2D eigenvalue weighted by atomic mass is 32.1. The normalized spacial score (nSPS) is 11.0. The topological polar surface area (TPSA) is 98.1 Å². The number of nitrogens with zero attached hydrogens (tertiary/aromatic N) is 2. The van der Waals surface area contributed by atoms with Gasteiger partial charge in [0.25, 0.3) is 11.2 Å². The Labute approximate surface area is 176 Å². The van der Waals surface area contributed by atoms with Crippen LogP contribution in [0, 0.1) is 24.0 Å². The van der Waals surface area contributed by atoms with Crippen LogP contribution in [0.5, 0.6) is 5.75 Å². The summed E-state index contributed by atoms with van der Waals surface area (Å²) in [6.07, 6.45) is 0.378. The third-order valence-electron chi connectivity index (χ3n) is 4.93. The molecule has 0 saturated heterocycles. The van der Waals surface area contributed by atoms with E-state index in [2.05, 4.69) is 9.97 Å². The van der Waals surface area contributed by atoms with E-state index in [1.807, 2.05) is 32.0 Å². The molecule has 0 saturated carbocycles. The van der Waals surface area contributed by atoms with Gasteiger partial charge in [-0.25, -0.2) is 4.98 Å². The van der Waals surface area contributed by atoms with Crippen molar-refractivity contribution in [3.63, 3.8) is 0 Å². The molecule has 0 radical (unpaired) electrons. The Morgan fingerprint density at radius 3 is 2.57 bits per heavy atom. The highest BCUT2D eigenvalue weighted by Crippen LogP contribution is 2.40. The number of nitrogens with one attached hydrogen (secondary N) is 1. The van der Waals surface area contributed by atoms with Gasteiger partial charge in [-0.1, -0.05) is 23.8 Å². The van der Waals surface area contributed by atoms with E-state index in [1.54, 1.807) is 19.2 Å². The molecule has 0 aliphatic heterocycles. The van der Waals surface area contributed by atoms with Crippen molar-refractivity contribution in [3.05, 3.63) is 84.8 Å². The molecule has 0 atom stereocenters. The van der Waals surface area contributed by atoms with Gasteiger partial charge in [0, 0.05) is 34.6 Å². The first kappa shape index (κ1) is 19.8. The van der Waals surface area contributed by atoms with Crippen LogP contribution in [0.25, 0.3) is 21.3 Å². The summed E-state index contributed by atoms with van der Waals surface area (Å²) in [5, 5.41) is 11.4. The van der Waals surface area contributed by atoms with Crippen molar-refractivity contribution in [1.82, 2.24) is 9.97 Å². The molecule has 0 spiro atoms. The number of hydrogen-bond donors (Lipinski definition) is 1. The van der Waals surface area contributed by atoms with Crippen LogP contribution in [-0.4, -0.2) is 22.0 Å². The van der Waals surface area contributed by atoms with Crippen molar-refractivity contribution in [2.75, 3.05) is 7.11 Å². The number of H-pyrrole nitrogens is 1. The average Bonchev–Trinajstić information content (AvgIpc) is 3.04. The number of aromatic nitrogens is 2. The van der Waals surface area contributed by atoms with Gasteiger partial charge in [-0.15, -0.1) is 11.3 Å². The number of nitro benzene ring substituents is 1. The highest BCUT2D eigenvalue weighted by molar-refractivity contribution is 7.19. The van der Waals surface area contributed by atoms with Gasteiger partial charge in [-0.2, -0.15) is 0 Å². The molecule has 8 heteroatoms. The van der Waals surface area contributed by atoms with Gasteiger partial charge < -0.3 is 9.72 Å². The van der Waals surface area contributed by atoms with Crippen LogP contribution in [0.3, 0.4) is 0 Å². The van der Waals surface area contributed by atoms with Gasteiger partial charge in [0.05, 0.1) is 17.4 Å². The van der Waals surface area contributed by atoms with Crippen molar-refractivity contribution >= 4 is 27.2 Å². The first-order chi connectivity index (χ1) is 14.4. The predicted molar refractivity (Wildman–Crippen MR) is 118 cm³/mol. The van der Waals surface area contributed by atoms with Crippen LogP contribution in [0.1, 0.15) is 21.8 Å². The van der Waals surface area contributed by atoms with Crippen molar-refractivity contribution in [2.24, 2.45) is 0 Å². The summed E-state index contributed by atoms with van der Waals surface area (Å²) < 4.78 is 5.52. The van der Waals surface area contributed by atoms with E-state index in [-0.39, 0.29) is 11.2 Å². The molecule has 7 nitrogen and oxygen atoms in total. The molecule has 0 aliphatic carbocycles. The maximum Gasteiger partial charge on any atom is 0.269 e. The lowest BCUT2D eigenvalue weighted by molar-refractivity contribution is -0.384. The fourth-order valence-corrected chi connectivity index (χ4v) is 4.57. The summed E-state index contributed by atoms with van der Waals surface area (Å²) in [6, 6.07) is 12.1. The van der Waals surface area contributed by atoms with Gasteiger partial charge in [0.15, 0.2) is 0 Å². The molecule has 2 heterocycles. The monoisotopic (exact) mass is 421 g/mol. The molecule has 2 aromatic heterocycles. The number of thiophene rings is 1. The van der Waals surface area contributed by atoms with Crippen LogP contribution in [0.15, 0.2) is 47.3 Å². The number of methoxy groups -OCH3 is 1. The molecular weight excluding hydrogens is 402 g/mol. The maximum atomic E-state index is 13.0. The molecule has 4 aromatic rings. The Morgan fingerprint density at radius 1 is 1.17 bits per heavy atom. The first-order valence-electron chi connectivity index (χ1n) is 9.28. The third-order valence-corrected chi connectivity index (χ3v) is 5.93. The zero-order chi connectivity index (χ0) is 21.4. The third kappa shape index (κ3) is 3.57. The van der Waals surface area contributed by atoms with Gasteiger partial charge >= 0.3 is 0 Å². The SMILES string of the molecule is COc1ccc(C)cc1-c1c(C)sc2nc(Cc3ccc([N+](=O)[O-])cc3)[nH]c(=O)c12. The van der Waals surface area contributed by atoms with E-state index in [0.717, 1.165) is 27.1 Å². The van der Waals surface area contributed by atoms with Crippen LogP contribution >= 0.6 is 11.3 Å². The van der Waals surface area contributed by atoms with E-state index in [1.165, 1.54) is 23.5 Å². The van der Waals surface area contributed by atoms with E-state index in [0.29, 0.717) is 28.2 Å². The summed E-state index contributed by atoms with van der Waals surface area (Å²) in [5.41, 5.74) is 3.43. The minimum atomic E-state index is -0.439. The van der Waals surface area contributed by atoms with Crippen molar-refractivity contribution in [2.45, 2.75) is 20.3 Å². The standard InChI is InChI=1S/C22H19N3O4S/c1-12-4-9-17(29-3)16(10-12)19-13(2)30-22-20(19)21(26)23-18(24-22)11-14-5-7-15(8-6-14)25(27)28/h4-10H,11H2,1-3H3,(H,23,24,26). The van der Waals surface area contributed by atoms with Crippen LogP contribution in [0.4, 0.5) is 5.69 Å². The molecule has 2 aromatic carbocycles. The second-order valence-corrected chi connectivity index (χ2v) is 8.23. The second kappa shape index (κ2) is 7.72. The smallest absolute Gasteiger partial charge is 0.269 e. The van der Waals surface area contributed by atoms with Crippen LogP contribution in [-0.2, 0) is 6.42 Å². The second-order valence-electron chi connectivity index (χ2n) is 7.03. The van der Waals surface area contributed by atoms with Crippen molar-refractivity contribution in [3.8, 4) is 16.9 Å². The summed E-state index contributed by atoms with van der Waals surface area (Å²) >= 11 is 1.47. The number of aryl methyl sites for hydroxylation is 2. The molecule has 0 bridgehead atoms.